The molecule has 0 aliphatic carbocycles. The minimum absolute atomic E-state index is 0.0502. The molecule has 5 heterocycles. The molecule has 11 unspecified atom stereocenters. The quantitative estimate of drug-likeness (QED) is 0.00435. The normalized spacial score (nSPS) is 30.5. The van der Waals surface area contributed by atoms with Gasteiger partial charge in [0.15, 0.2) is 6.29 Å². The predicted octanol–water partition coefficient (Wildman–Crippen LogP) is 13.3. The van der Waals surface area contributed by atoms with E-state index in [2.05, 4.69) is 51.9 Å². The summed E-state index contributed by atoms with van der Waals surface area (Å²) in [6, 6.07) is -1.80. The van der Waals surface area contributed by atoms with E-state index >= 15 is 0 Å². The van der Waals surface area contributed by atoms with Crippen LogP contribution >= 0.6 is 0 Å². The summed E-state index contributed by atoms with van der Waals surface area (Å²) in [4.78, 5) is 5.68. The van der Waals surface area contributed by atoms with Gasteiger partial charge in [0, 0.05) is 9.82 Å². The van der Waals surface area contributed by atoms with Crippen molar-refractivity contribution in [2.24, 2.45) is 22.1 Å². The fraction of sp³-hybridized carbons (Fsp3) is 0.985. The van der Waals surface area contributed by atoms with Crippen molar-refractivity contribution in [3.8, 4) is 0 Å². The molecule has 0 bridgehead atoms. The van der Waals surface area contributed by atoms with Crippen molar-refractivity contribution in [2.75, 3.05) is 26.4 Å². The Balaban J connectivity index is 0.000000378. The molecule has 93 heavy (non-hydrogen) atoms. The van der Waals surface area contributed by atoms with Gasteiger partial charge in [-0.05, 0) is 76.3 Å². The molecule has 7 N–H and O–H groups in total. The zero-order valence-corrected chi connectivity index (χ0v) is 60.9. The van der Waals surface area contributed by atoms with Crippen molar-refractivity contribution >= 4 is 29.3 Å². The predicted molar refractivity (Wildman–Crippen MR) is 351 cm³/mol. The maximum absolute atomic E-state index is 12.6. The number of aliphatic hydroxyl groups is 7. The first kappa shape index (κ1) is 85.7. The van der Waals surface area contributed by atoms with Crippen LogP contribution in [0.3, 0.4) is 0 Å². The van der Waals surface area contributed by atoms with Crippen molar-refractivity contribution < 1.29 is 91.4 Å². The van der Waals surface area contributed by atoms with E-state index in [-0.39, 0.29) is 36.8 Å². The number of rotatable bonds is 44. The van der Waals surface area contributed by atoms with E-state index in [0.29, 0.717) is 6.42 Å². The van der Waals surface area contributed by atoms with Crippen LogP contribution in [0.1, 0.15) is 254 Å². The van der Waals surface area contributed by atoms with Gasteiger partial charge in [0.05, 0.1) is 55.3 Å². The number of unbranched alkanes of at least 4 members (excludes halogenated alkanes) is 24. The monoisotopic (exact) mass is 1470 g/mol. The molecule has 0 spiro atoms. The molecule has 0 amide bonds. The molecule has 23 nitrogen and oxygen atoms in total. The zero-order chi connectivity index (χ0) is 69.1. The molecule has 5 aliphatic heterocycles. The Morgan fingerprint density at radius 2 is 0.968 bits per heavy atom. The summed E-state index contributed by atoms with van der Waals surface area (Å²) in [5, 5.41) is 76.5. The van der Waals surface area contributed by atoms with Crippen LogP contribution in [0.2, 0.25) is 8.87 Å². The van der Waals surface area contributed by atoms with Gasteiger partial charge in [-0.25, -0.2) is 0 Å². The number of nitrogens with zero attached hydrogens (tertiary/aromatic N) is 6. The first-order valence-corrected chi connectivity index (χ1v) is 43.1. The zero-order valence-electron chi connectivity index (χ0n) is 57.3. The molecular weight excluding hydrogens is 1340 g/mol. The van der Waals surface area contributed by atoms with Crippen molar-refractivity contribution in [3.63, 3.8) is 0 Å². The van der Waals surface area contributed by atoms with Crippen LogP contribution in [-0.2, 0) is 44.1 Å². The maximum atomic E-state index is 12.6. The Hall–Kier alpha value is -1.57. The molecule has 5 fully saturated rings. The Bertz CT molecular complexity index is 2200. The van der Waals surface area contributed by atoms with Gasteiger partial charge < -0.3 is 39.4 Å². The number of aliphatic hydroxyl groups excluding tert-OH is 7. The summed E-state index contributed by atoms with van der Waals surface area (Å²) in [6.07, 6.45) is 25.2. The number of ether oxygens (including phenoxy) is 5. The van der Waals surface area contributed by atoms with E-state index in [1.165, 1.54) is 128 Å². The van der Waals surface area contributed by atoms with E-state index in [9.17, 15) is 62.9 Å². The Labute approximate surface area is 559 Å². The van der Waals surface area contributed by atoms with Gasteiger partial charge in [-0.2, -0.15) is 21.6 Å². The van der Waals surface area contributed by atoms with Crippen LogP contribution in [0.25, 0.3) is 20.9 Å². The summed E-state index contributed by atoms with van der Waals surface area (Å²) >= 11 is -3.28. The third-order valence-electron chi connectivity index (χ3n) is 18.5. The first-order chi connectivity index (χ1) is 44.2. The summed E-state index contributed by atoms with van der Waals surface area (Å²) < 4.78 is 108. The Kier molecular flexibility index (Phi) is 41.7. The third kappa shape index (κ3) is 30.4. The number of hydrogen-bond donors (Lipinski definition) is 7. The van der Waals surface area contributed by atoms with Crippen LogP contribution in [0.4, 0.5) is 13.2 Å². The Morgan fingerprint density at radius 1 is 0.570 bits per heavy atom. The van der Waals surface area contributed by atoms with Gasteiger partial charge >= 0.3 is 147 Å². The molecule has 5 aliphatic rings. The fourth-order valence-corrected chi connectivity index (χ4v) is 24.8. The van der Waals surface area contributed by atoms with Crippen LogP contribution in [0, 0.1) is 18.8 Å². The molecular formula is C65H122F3N6O17SSn+. The van der Waals surface area contributed by atoms with Crippen LogP contribution < -0.4 is 0 Å². The van der Waals surface area contributed by atoms with Gasteiger partial charge in [0.2, 0.25) is 0 Å². The number of hydrogen-bond acceptors (Lipinski definition) is 19. The SMILES string of the molecule is CCCCCCCCCCCCCC[C@@H]1CC(C)(C)O[C@H]1[C@H](COC1OC(CO)C(O)C(O)C1O)N=[N+]=[N-].CCCCCCCCCCCCCC[C@@H]1CC(C)(C)O[C@H]1[C@H](COS(=O)(=O)C(F)(F)F)N=[N+]=[N-].[CH2+]CC[CH2][Sn]1([CH2]CCC)[O]C2OC(CO)C(O)C(O)C2[O]1. The second kappa shape index (κ2) is 45.2. The molecule has 0 radical (unpaired) electrons. The second-order valence-corrected chi connectivity index (χ2v) is 38.6. The van der Waals surface area contributed by atoms with Gasteiger partial charge in [-0.15, -0.1) is 0 Å². The number of azide groups is 2. The average Bonchev–Trinajstić information content (AvgIpc) is 1.70. The molecule has 0 aromatic carbocycles. The van der Waals surface area contributed by atoms with Gasteiger partial charge in [-0.1, -0.05) is 178 Å². The second-order valence-electron chi connectivity index (χ2n) is 27.6. The fourth-order valence-electron chi connectivity index (χ4n) is 13.4. The molecule has 0 aromatic rings. The number of halogens is 3. The number of alkyl halides is 3. The van der Waals surface area contributed by atoms with E-state index < -0.39 is 133 Å². The van der Waals surface area contributed by atoms with Gasteiger partial charge in [0.1, 0.15) is 24.4 Å². The van der Waals surface area contributed by atoms with E-state index in [0.717, 1.165) is 79.5 Å². The van der Waals surface area contributed by atoms with Crippen LogP contribution in [-0.4, -0.2) is 192 Å². The molecule has 0 aromatic heterocycles. The van der Waals surface area contributed by atoms with Crippen molar-refractivity contribution in [2.45, 2.75) is 365 Å². The van der Waals surface area contributed by atoms with Crippen molar-refractivity contribution in [1.29, 1.82) is 0 Å². The van der Waals surface area contributed by atoms with Gasteiger partial charge in [-0.3, -0.25) is 4.18 Å². The van der Waals surface area contributed by atoms with E-state index in [1.54, 1.807) is 0 Å². The third-order valence-corrected chi connectivity index (χ3v) is 29.8. The molecule has 17 atom stereocenters. The van der Waals surface area contributed by atoms with Crippen molar-refractivity contribution in [3.05, 3.63) is 27.8 Å². The molecule has 5 rings (SSSR count). The Morgan fingerprint density at radius 3 is 1.38 bits per heavy atom. The summed E-state index contributed by atoms with van der Waals surface area (Å²) in [7, 11) is -5.77. The van der Waals surface area contributed by atoms with Crippen molar-refractivity contribution in [1.82, 2.24) is 0 Å². The molecule has 0 saturated carbocycles. The van der Waals surface area contributed by atoms with E-state index in [4.69, 9.17) is 35.4 Å². The summed E-state index contributed by atoms with van der Waals surface area (Å²) in [5.74, 6) is 0.160. The van der Waals surface area contributed by atoms with Crippen LogP contribution in [0.15, 0.2) is 10.2 Å². The standard InChI is InChI=1S/C28H53N3O7.C23H42F3N3O4S.C6H10O6.C4H9.C4H8.Sn/c1-4-5-6-7-8-9-10-11-12-13-14-15-16-20-17-28(2,3)38-26(20)21(30-31-29)19-36-27-25(35)24(34)23(33)22(18-32)37-27;1-4-5-6-7-8-9-10-11-12-13-14-15-16-19-17-22(2,3)33-21(19)20(28-29-27)18-32-34(30,31)23(24,25)26;7-1-2-3(8)4(9)5(10)6(11)12-2;2*1-3-4-2;/h20-27,32-35H,4-19H2,1-3H3;19-21H,4-18H2,1-3H3;2-9H,1H2;1,3-4H2,2H3;1-4H2;/q;;-2;;+1;+2/t20-,21+,22?,23?,24?,25?,26-,27?;19-,20+,21-;;;;/m11..../s1. The molecule has 544 valence electrons. The number of fused-ring (bicyclic) bond motifs is 1. The minimum atomic E-state index is -5.77. The molecule has 5 saturated heterocycles. The summed E-state index contributed by atoms with van der Waals surface area (Å²) in [6.45, 7) is 16.4. The topological polar surface area (TPSA) is 347 Å². The average molecular weight is 1470 g/mol. The van der Waals surface area contributed by atoms with Crippen LogP contribution in [0.5, 0.6) is 0 Å². The van der Waals surface area contributed by atoms with Gasteiger partial charge in [0.25, 0.3) is 0 Å². The molecule has 28 heteroatoms. The van der Waals surface area contributed by atoms with E-state index in [1.807, 2.05) is 27.7 Å². The first-order valence-electron chi connectivity index (χ1n) is 35.3. The summed E-state index contributed by atoms with van der Waals surface area (Å²) in [5.41, 5.74) is 11.7.